The van der Waals surface area contributed by atoms with Crippen LogP contribution in [0.2, 0.25) is 0 Å². The van der Waals surface area contributed by atoms with Crippen molar-refractivity contribution < 1.29 is 9.21 Å². The Hall–Kier alpha value is -2.03. The van der Waals surface area contributed by atoms with Gasteiger partial charge in [0.25, 0.3) is 5.91 Å². The van der Waals surface area contributed by atoms with E-state index in [2.05, 4.69) is 37.4 Å². The van der Waals surface area contributed by atoms with Crippen molar-refractivity contribution in [3.63, 3.8) is 0 Å². The fourth-order valence-electron chi connectivity index (χ4n) is 2.01. The normalized spacial score (nSPS) is 12.2. The zero-order valence-electron chi connectivity index (χ0n) is 11.8. The van der Waals surface area contributed by atoms with E-state index in [0.29, 0.717) is 11.3 Å². The van der Waals surface area contributed by atoms with Gasteiger partial charge >= 0.3 is 0 Å². The van der Waals surface area contributed by atoms with Gasteiger partial charge in [-0.2, -0.15) is 0 Å². The Labute approximate surface area is 113 Å². The number of furan rings is 1. The lowest BCUT2D eigenvalue weighted by Gasteiger charge is -2.15. The second kappa shape index (κ2) is 5.31. The number of hydrogen-bond acceptors (Lipinski definition) is 2. The number of carbonyl (C=O) groups is 1. The lowest BCUT2D eigenvalue weighted by molar-refractivity contribution is 0.0938. The van der Waals surface area contributed by atoms with E-state index in [1.807, 2.05) is 6.92 Å². The van der Waals surface area contributed by atoms with Gasteiger partial charge in [0, 0.05) is 0 Å². The minimum Gasteiger partial charge on any atom is -0.469 e. The molecule has 19 heavy (non-hydrogen) atoms. The number of aryl methyl sites for hydroxylation is 3. The molecule has 2 aromatic rings. The number of amides is 1. The Morgan fingerprint density at radius 3 is 2.47 bits per heavy atom. The van der Waals surface area contributed by atoms with E-state index in [4.69, 9.17) is 4.42 Å². The van der Waals surface area contributed by atoms with Crippen LogP contribution in [0.5, 0.6) is 0 Å². The molecule has 0 unspecified atom stereocenters. The van der Waals surface area contributed by atoms with E-state index in [-0.39, 0.29) is 11.9 Å². The molecule has 3 heteroatoms. The summed E-state index contributed by atoms with van der Waals surface area (Å²) in [5.74, 6) is 0.543. The average molecular weight is 257 g/mol. The Kier molecular flexibility index (Phi) is 3.74. The van der Waals surface area contributed by atoms with E-state index in [1.165, 1.54) is 17.4 Å². The van der Waals surface area contributed by atoms with Gasteiger partial charge in [0.15, 0.2) is 0 Å². The maximum Gasteiger partial charge on any atom is 0.255 e. The summed E-state index contributed by atoms with van der Waals surface area (Å²) in [7, 11) is 0. The third-order valence-electron chi connectivity index (χ3n) is 3.48. The molecule has 100 valence electrons. The van der Waals surface area contributed by atoms with Gasteiger partial charge in [0.2, 0.25) is 0 Å². The van der Waals surface area contributed by atoms with Crippen LogP contribution in [0.4, 0.5) is 0 Å². The molecule has 0 radical (unpaired) electrons. The van der Waals surface area contributed by atoms with E-state index in [1.54, 1.807) is 13.0 Å². The summed E-state index contributed by atoms with van der Waals surface area (Å²) in [6.07, 6.45) is 1.53. The van der Waals surface area contributed by atoms with E-state index in [9.17, 15) is 4.79 Å². The molecule has 1 aromatic carbocycles. The van der Waals surface area contributed by atoms with Gasteiger partial charge in [-0.25, -0.2) is 0 Å². The van der Waals surface area contributed by atoms with Crippen LogP contribution in [-0.4, -0.2) is 5.91 Å². The fourth-order valence-corrected chi connectivity index (χ4v) is 2.01. The van der Waals surface area contributed by atoms with Crippen LogP contribution in [0.15, 0.2) is 34.9 Å². The third-order valence-corrected chi connectivity index (χ3v) is 3.48. The van der Waals surface area contributed by atoms with Gasteiger partial charge in [-0.1, -0.05) is 18.2 Å². The van der Waals surface area contributed by atoms with Gasteiger partial charge in [0.05, 0.1) is 17.9 Å². The molecule has 1 heterocycles. The summed E-state index contributed by atoms with van der Waals surface area (Å²) in [5, 5.41) is 2.99. The van der Waals surface area contributed by atoms with Crippen LogP contribution in [0, 0.1) is 20.8 Å². The van der Waals surface area contributed by atoms with Crippen LogP contribution < -0.4 is 5.32 Å². The van der Waals surface area contributed by atoms with Crippen LogP contribution in [-0.2, 0) is 0 Å². The predicted molar refractivity (Wildman–Crippen MR) is 75.2 cm³/mol. The second-order valence-corrected chi connectivity index (χ2v) is 4.93. The van der Waals surface area contributed by atoms with Crippen molar-refractivity contribution in [1.82, 2.24) is 5.32 Å². The molecule has 1 atom stereocenters. The predicted octanol–water partition coefficient (Wildman–Crippen LogP) is 3.70. The Morgan fingerprint density at radius 2 is 1.89 bits per heavy atom. The minimum atomic E-state index is -0.100. The lowest BCUT2D eigenvalue weighted by Crippen LogP contribution is -2.26. The fraction of sp³-hybridized carbons (Fsp3) is 0.312. The molecular formula is C16H19NO2. The smallest absolute Gasteiger partial charge is 0.255 e. The van der Waals surface area contributed by atoms with Crippen molar-refractivity contribution in [3.05, 3.63) is 58.5 Å². The van der Waals surface area contributed by atoms with Gasteiger partial charge in [0.1, 0.15) is 5.76 Å². The summed E-state index contributed by atoms with van der Waals surface area (Å²) >= 11 is 0. The molecule has 0 saturated carbocycles. The second-order valence-electron chi connectivity index (χ2n) is 4.93. The van der Waals surface area contributed by atoms with Crippen LogP contribution in [0.3, 0.4) is 0 Å². The zero-order valence-corrected chi connectivity index (χ0v) is 11.8. The monoisotopic (exact) mass is 257 g/mol. The van der Waals surface area contributed by atoms with Crippen LogP contribution in [0.1, 0.15) is 45.8 Å². The Morgan fingerprint density at radius 1 is 1.16 bits per heavy atom. The molecule has 1 aromatic heterocycles. The molecule has 1 amide bonds. The highest BCUT2D eigenvalue weighted by molar-refractivity contribution is 5.95. The first-order valence-corrected chi connectivity index (χ1v) is 6.41. The van der Waals surface area contributed by atoms with Crippen molar-refractivity contribution in [3.8, 4) is 0 Å². The molecule has 3 nitrogen and oxygen atoms in total. The van der Waals surface area contributed by atoms with Gasteiger partial charge in [-0.3, -0.25) is 4.79 Å². The number of carbonyl (C=O) groups excluding carboxylic acids is 1. The molecule has 0 aliphatic carbocycles. The molecule has 2 rings (SSSR count). The molecule has 0 bridgehead atoms. The van der Waals surface area contributed by atoms with Crippen molar-refractivity contribution in [1.29, 1.82) is 0 Å². The highest BCUT2D eigenvalue weighted by atomic mass is 16.3. The standard InChI is InChI=1S/C16H19NO2/c1-10-5-6-14(9-11(10)2)12(3)17-16(18)15-7-8-19-13(15)4/h5-9,12H,1-4H3,(H,17,18)/t12-/m0/s1. The van der Waals surface area contributed by atoms with Gasteiger partial charge in [-0.05, 0) is 50.5 Å². The molecule has 0 spiro atoms. The Balaban J connectivity index is 2.13. The molecule has 0 aliphatic heterocycles. The highest BCUT2D eigenvalue weighted by Gasteiger charge is 2.15. The van der Waals surface area contributed by atoms with Crippen molar-refractivity contribution in [2.24, 2.45) is 0 Å². The SMILES string of the molecule is Cc1ccc([C@H](C)NC(=O)c2ccoc2C)cc1C. The van der Waals surface area contributed by atoms with E-state index < -0.39 is 0 Å². The number of benzene rings is 1. The number of nitrogens with one attached hydrogen (secondary N) is 1. The highest BCUT2D eigenvalue weighted by Crippen LogP contribution is 2.18. The van der Waals surface area contributed by atoms with E-state index in [0.717, 1.165) is 5.56 Å². The molecule has 0 saturated heterocycles. The minimum absolute atomic E-state index is 0.0268. The first-order chi connectivity index (χ1) is 8.99. The lowest BCUT2D eigenvalue weighted by atomic mass is 10.0. The third kappa shape index (κ3) is 2.87. The quantitative estimate of drug-likeness (QED) is 0.911. The van der Waals surface area contributed by atoms with Crippen molar-refractivity contribution >= 4 is 5.91 Å². The van der Waals surface area contributed by atoms with Gasteiger partial charge < -0.3 is 9.73 Å². The maximum atomic E-state index is 12.1. The largest absolute Gasteiger partial charge is 0.469 e. The first kappa shape index (κ1) is 13.4. The van der Waals surface area contributed by atoms with Gasteiger partial charge in [-0.15, -0.1) is 0 Å². The summed E-state index contributed by atoms with van der Waals surface area (Å²) < 4.78 is 5.15. The topological polar surface area (TPSA) is 42.2 Å². The molecular weight excluding hydrogens is 238 g/mol. The maximum absolute atomic E-state index is 12.1. The molecule has 1 N–H and O–H groups in total. The summed E-state index contributed by atoms with van der Waals surface area (Å²) in [4.78, 5) is 12.1. The van der Waals surface area contributed by atoms with Crippen LogP contribution >= 0.6 is 0 Å². The number of hydrogen-bond donors (Lipinski definition) is 1. The summed E-state index contributed by atoms with van der Waals surface area (Å²) in [6, 6.07) is 7.91. The summed E-state index contributed by atoms with van der Waals surface area (Å²) in [6.45, 7) is 7.93. The molecule has 0 fully saturated rings. The number of rotatable bonds is 3. The van der Waals surface area contributed by atoms with Crippen molar-refractivity contribution in [2.75, 3.05) is 0 Å². The average Bonchev–Trinajstić information content (AvgIpc) is 2.79. The van der Waals surface area contributed by atoms with E-state index >= 15 is 0 Å². The molecule has 0 aliphatic rings. The first-order valence-electron chi connectivity index (χ1n) is 6.41. The van der Waals surface area contributed by atoms with Crippen molar-refractivity contribution in [2.45, 2.75) is 33.7 Å². The zero-order chi connectivity index (χ0) is 14.0. The van der Waals surface area contributed by atoms with Crippen LogP contribution in [0.25, 0.3) is 0 Å². The Bertz CT molecular complexity index is 599. The summed E-state index contributed by atoms with van der Waals surface area (Å²) in [5.41, 5.74) is 4.19.